The van der Waals surface area contributed by atoms with Crippen molar-refractivity contribution in [3.8, 4) is 0 Å². The molecule has 1 aliphatic rings. The molecule has 0 spiro atoms. The summed E-state index contributed by atoms with van der Waals surface area (Å²) >= 11 is 0. The predicted octanol–water partition coefficient (Wildman–Crippen LogP) is 1.96. The van der Waals surface area contributed by atoms with Gasteiger partial charge < -0.3 is 5.32 Å². The molecule has 18 heavy (non-hydrogen) atoms. The Bertz CT molecular complexity index is 467. The van der Waals surface area contributed by atoms with Crippen molar-refractivity contribution in [2.24, 2.45) is 11.3 Å². The smallest absolute Gasteiger partial charge is 0.234 e. The van der Waals surface area contributed by atoms with E-state index in [4.69, 9.17) is 0 Å². The highest BCUT2D eigenvalue weighted by atomic mass is 16.2. The van der Waals surface area contributed by atoms with Gasteiger partial charge in [0.25, 0.3) is 0 Å². The normalized spacial score (nSPS) is 27.7. The molecular formula is C15H19NO2. The van der Waals surface area contributed by atoms with Gasteiger partial charge >= 0.3 is 0 Å². The quantitative estimate of drug-likeness (QED) is 0.827. The number of carbonyl (C=O) groups is 2. The predicted molar refractivity (Wildman–Crippen MR) is 70.0 cm³/mol. The monoisotopic (exact) mass is 245 g/mol. The molecule has 0 aliphatic carbocycles. The van der Waals surface area contributed by atoms with Gasteiger partial charge in [-0.1, -0.05) is 44.2 Å². The molecule has 1 heterocycles. The van der Waals surface area contributed by atoms with E-state index in [1.165, 1.54) is 0 Å². The zero-order valence-electron chi connectivity index (χ0n) is 11.1. The second-order valence-electron chi connectivity index (χ2n) is 5.55. The Morgan fingerprint density at radius 2 is 1.83 bits per heavy atom. The molecule has 96 valence electrons. The van der Waals surface area contributed by atoms with Crippen LogP contribution in [0.3, 0.4) is 0 Å². The second-order valence-corrected chi connectivity index (χ2v) is 5.55. The summed E-state index contributed by atoms with van der Waals surface area (Å²) in [5.41, 5.74) is 0.101. The Morgan fingerprint density at radius 3 is 2.33 bits per heavy atom. The summed E-state index contributed by atoms with van der Waals surface area (Å²) in [5, 5.41) is 2.83. The molecule has 0 aromatic heterocycles. The standard InChI is InChI=1S/C15H19NO2/c1-10(2)12-13(17)15(3,14(18)16-12)9-11-7-5-4-6-8-11/h4-8,10,12H,9H2,1-3H3,(H,16,18)/t12-,15-/m0/s1. The molecule has 1 aromatic carbocycles. The van der Waals surface area contributed by atoms with Crippen molar-refractivity contribution >= 4 is 11.7 Å². The molecule has 1 fully saturated rings. The van der Waals surface area contributed by atoms with E-state index in [-0.39, 0.29) is 23.7 Å². The molecule has 2 rings (SSSR count). The van der Waals surface area contributed by atoms with Crippen LogP contribution in [0, 0.1) is 11.3 Å². The summed E-state index contributed by atoms with van der Waals surface area (Å²) in [4.78, 5) is 24.5. The highest BCUT2D eigenvalue weighted by Crippen LogP contribution is 2.32. The Kier molecular flexibility index (Phi) is 3.24. The molecule has 0 radical (unpaired) electrons. The summed E-state index contributed by atoms with van der Waals surface area (Å²) in [6, 6.07) is 9.35. The number of benzene rings is 1. The lowest BCUT2D eigenvalue weighted by molar-refractivity contribution is -0.134. The number of Topliss-reactive ketones (excluding diaryl/α,β-unsaturated/α-hetero) is 1. The van der Waals surface area contributed by atoms with E-state index in [9.17, 15) is 9.59 Å². The van der Waals surface area contributed by atoms with E-state index in [1.54, 1.807) is 6.92 Å². The van der Waals surface area contributed by atoms with Crippen LogP contribution in [0.25, 0.3) is 0 Å². The van der Waals surface area contributed by atoms with Crippen LogP contribution in [-0.2, 0) is 16.0 Å². The third-order valence-electron chi connectivity index (χ3n) is 3.68. The molecule has 0 saturated carbocycles. The van der Waals surface area contributed by atoms with Crippen LogP contribution < -0.4 is 5.32 Å². The average Bonchev–Trinajstić information content (AvgIpc) is 2.55. The number of hydrogen-bond acceptors (Lipinski definition) is 2. The Labute approximate surface area is 108 Å². The fraction of sp³-hybridized carbons (Fsp3) is 0.467. The minimum Gasteiger partial charge on any atom is -0.345 e. The van der Waals surface area contributed by atoms with Gasteiger partial charge in [-0.25, -0.2) is 0 Å². The van der Waals surface area contributed by atoms with Crippen LogP contribution in [-0.4, -0.2) is 17.7 Å². The lowest BCUT2D eigenvalue weighted by atomic mass is 9.78. The Morgan fingerprint density at radius 1 is 1.22 bits per heavy atom. The summed E-state index contributed by atoms with van der Waals surface area (Å²) in [7, 11) is 0. The number of nitrogens with one attached hydrogen (secondary N) is 1. The van der Waals surface area contributed by atoms with Crippen LogP contribution in [0.15, 0.2) is 30.3 Å². The maximum atomic E-state index is 12.4. The van der Waals surface area contributed by atoms with Crippen molar-refractivity contribution in [2.45, 2.75) is 33.2 Å². The van der Waals surface area contributed by atoms with Gasteiger partial charge in [0, 0.05) is 0 Å². The van der Waals surface area contributed by atoms with Crippen LogP contribution in [0.2, 0.25) is 0 Å². The lowest BCUT2D eigenvalue weighted by Crippen LogP contribution is -2.35. The average molecular weight is 245 g/mol. The molecule has 3 nitrogen and oxygen atoms in total. The van der Waals surface area contributed by atoms with Gasteiger partial charge in [-0.3, -0.25) is 9.59 Å². The highest BCUT2D eigenvalue weighted by molar-refractivity contribution is 6.14. The molecule has 1 N–H and O–H groups in total. The van der Waals surface area contributed by atoms with Crippen molar-refractivity contribution in [3.63, 3.8) is 0 Å². The SMILES string of the molecule is CC(C)[C@@H]1NC(=O)[C@@](C)(Cc2ccccc2)C1=O. The van der Waals surface area contributed by atoms with Crippen molar-refractivity contribution in [2.75, 3.05) is 0 Å². The number of ketones is 1. The zero-order valence-corrected chi connectivity index (χ0v) is 11.1. The second kappa shape index (κ2) is 4.56. The zero-order chi connectivity index (χ0) is 13.3. The molecule has 0 unspecified atom stereocenters. The largest absolute Gasteiger partial charge is 0.345 e. The topological polar surface area (TPSA) is 46.2 Å². The number of hydrogen-bond donors (Lipinski definition) is 1. The van der Waals surface area contributed by atoms with Crippen molar-refractivity contribution < 1.29 is 9.59 Å². The maximum Gasteiger partial charge on any atom is 0.234 e. The maximum absolute atomic E-state index is 12.4. The fourth-order valence-electron chi connectivity index (χ4n) is 2.46. The number of amides is 1. The minimum atomic E-state index is -0.920. The van der Waals surface area contributed by atoms with Gasteiger partial charge in [0.15, 0.2) is 5.78 Å². The third kappa shape index (κ3) is 2.05. The van der Waals surface area contributed by atoms with Gasteiger partial charge in [0.1, 0.15) is 5.41 Å². The van der Waals surface area contributed by atoms with E-state index in [1.807, 2.05) is 44.2 Å². The summed E-state index contributed by atoms with van der Waals surface area (Å²) < 4.78 is 0. The molecule has 1 saturated heterocycles. The first-order valence-corrected chi connectivity index (χ1v) is 6.34. The van der Waals surface area contributed by atoms with Crippen LogP contribution in [0.1, 0.15) is 26.3 Å². The van der Waals surface area contributed by atoms with Crippen molar-refractivity contribution in [1.29, 1.82) is 0 Å². The number of rotatable bonds is 3. The van der Waals surface area contributed by atoms with E-state index < -0.39 is 5.41 Å². The minimum absolute atomic E-state index is 0.0198. The Balaban J connectivity index is 2.26. The number of carbonyl (C=O) groups excluding carboxylic acids is 2. The van der Waals surface area contributed by atoms with Crippen LogP contribution >= 0.6 is 0 Å². The molecule has 0 bridgehead atoms. The van der Waals surface area contributed by atoms with Gasteiger partial charge in [0.05, 0.1) is 6.04 Å². The third-order valence-corrected chi connectivity index (χ3v) is 3.68. The van der Waals surface area contributed by atoms with E-state index in [2.05, 4.69) is 5.32 Å². The summed E-state index contributed by atoms with van der Waals surface area (Å²) in [6.07, 6.45) is 0.474. The van der Waals surface area contributed by atoms with Crippen LogP contribution in [0.4, 0.5) is 0 Å². The molecule has 1 aliphatic heterocycles. The van der Waals surface area contributed by atoms with Gasteiger partial charge in [-0.05, 0) is 24.8 Å². The first-order chi connectivity index (χ1) is 8.45. The fourth-order valence-corrected chi connectivity index (χ4v) is 2.46. The van der Waals surface area contributed by atoms with Gasteiger partial charge in [-0.2, -0.15) is 0 Å². The molecular weight excluding hydrogens is 226 g/mol. The van der Waals surface area contributed by atoms with Gasteiger partial charge in [-0.15, -0.1) is 0 Å². The highest BCUT2D eigenvalue weighted by Gasteiger charge is 2.51. The van der Waals surface area contributed by atoms with Gasteiger partial charge in [0.2, 0.25) is 5.91 Å². The molecule has 1 amide bonds. The Hall–Kier alpha value is -1.64. The van der Waals surface area contributed by atoms with E-state index in [0.717, 1.165) is 5.56 Å². The lowest BCUT2D eigenvalue weighted by Gasteiger charge is -2.20. The summed E-state index contributed by atoms with van der Waals surface area (Å²) in [5.74, 6) is 0.0143. The summed E-state index contributed by atoms with van der Waals surface area (Å²) in [6.45, 7) is 5.66. The van der Waals surface area contributed by atoms with Crippen LogP contribution in [0.5, 0.6) is 0 Å². The van der Waals surface area contributed by atoms with E-state index >= 15 is 0 Å². The van der Waals surface area contributed by atoms with E-state index in [0.29, 0.717) is 6.42 Å². The van der Waals surface area contributed by atoms with Crippen molar-refractivity contribution in [3.05, 3.63) is 35.9 Å². The van der Waals surface area contributed by atoms with Crippen molar-refractivity contribution in [1.82, 2.24) is 5.32 Å². The molecule has 1 aromatic rings. The first kappa shape index (κ1) is 12.8. The molecule has 3 heteroatoms. The first-order valence-electron chi connectivity index (χ1n) is 6.34. The molecule has 2 atom stereocenters.